The zero-order valence-corrected chi connectivity index (χ0v) is 12.8. The monoisotopic (exact) mass is 331 g/mol. The number of carbonyl (C=O) groups is 2. The number of ether oxygens (including phenoxy) is 2. The number of esters is 1. The topological polar surface area (TPSA) is 64.6 Å². The van der Waals surface area contributed by atoms with Crippen molar-refractivity contribution in [3.05, 3.63) is 65.2 Å². The van der Waals surface area contributed by atoms with Crippen LogP contribution in [0.15, 0.2) is 54.6 Å². The summed E-state index contributed by atoms with van der Waals surface area (Å²) in [7, 11) is 0. The van der Waals surface area contributed by atoms with E-state index < -0.39 is 18.3 Å². The van der Waals surface area contributed by atoms with Crippen LogP contribution in [0.5, 0.6) is 5.75 Å². The fraction of sp³-hybridized carbons (Fsp3) is 0.176. The maximum Gasteiger partial charge on any atom is 0.332 e. The lowest BCUT2D eigenvalue weighted by atomic mass is 10.2. The quantitative estimate of drug-likeness (QED) is 0.875. The van der Waals surface area contributed by atoms with E-state index in [2.05, 4.69) is 5.32 Å². The molecule has 1 saturated heterocycles. The molecule has 6 heteroatoms. The molecule has 1 aliphatic heterocycles. The molecule has 3 rings (SSSR count). The minimum atomic E-state index is -0.732. The molecule has 0 radical (unpaired) electrons. The second-order valence-electron chi connectivity index (χ2n) is 5.07. The number of amides is 1. The van der Waals surface area contributed by atoms with Crippen molar-refractivity contribution in [2.75, 3.05) is 0 Å². The molecule has 1 aliphatic rings. The zero-order valence-electron chi connectivity index (χ0n) is 12.1. The number of rotatable bonds is 4. The van der Waals surface area contributed by atoms with Crippen molar-refractivity contribution in [3.63, 3.8) is 0 Å². The van der Waals surface area contributed by atoms with Gasteiger partial charge in [0.15, 0.2) is 0 Å². The van der Waals surface area contributed by atoms with E-state index in [9.17, 15) is 9.59 Å². The highest BCUT2D eigenvalue weighted by Crippen LogP contribution is 2.22. The molecule has 1 N–H and O–H groups in total. The first kappa shape index (κ1) is 15.4. The van der Waals surface area contributed by atoms with Crippen LogP contribution in [0.2, 0.25) is 5.02 Å². The van der Waals surface area contributed by atoms with Gasteiger partial charge in [0.05, 0.1) is 6.42 Å². The summed E-state index contributed by atoms with van der Waals surface area (Å²) in [5.74, 6) is -0.282. The van der Waals surface area contributed by atoms with Crippen LogP contribution in [-0.4, -0.2) is 24.2 Å². The number of cyclic esters (lactones) is 1. The fourth-order valence-electron chi connectivity index (χ4n) is 2.23. The van der Waals surface area contributed by atoms with Gasteiger partial charge >= 0.3 is 5.97 Å². The van der Waals surface area contributed by atoms with E-state index in [4.69, 9.17) is 21.1 Å². The van der Waals surface area contributed by atoms with Crippen molar-refractivity contribution in [1.82, 2.24) is 5.32 Å². The second-order valence-corrected chi connectivity index (χ2v) is 5.50. The number of benzene rings is 2. The molecule has 118 valence electrons. The van der Waals surface area contributed by atoms with Gasteiger partial charge in [0.1, 0.15) is 11.8 Å². The minimum absolute atomic E-state index is 0.250. The third-order valence-corrected chi connectivity index (χ3v) is 3.63. The van der Waals surface area contributed by atoms with Crippen molar-refractivity contribution >= 4 is 23.5 Å². The number of hydrogen-bond acceptors (Lipinski definition) is 4. The number of hydrogen-bond donors (Lipinski definition) is 1. The summed E-state index contributed by atoms with van der Waals surface area (Å²) in [6.45, 7) is 0. The molecule has 0 saturated carbocycles. The molecule has 1 amide bonds. The Bertz CT molecular complexity index is 702. The smallest absolute Gasteiger partial charge is 0.332 e. The van der Waals surface area contributed by atoms with Crippen LogP contribution in [-0.2, 0) is 9.53 Å². The third kappa shape index (κ3) is 3.81. The molecule has 0 aliphatic carbocycles. The Morgan fingerprint density at radius 3 is 2.52 bits per heavy atom. The van der Waals surface area contributed by atoms with Gasteiger partial charge in [-0.15, -0.1) is 0 Å². The molecule has 0 aromatic heterocycles. The molecule has 1 heterocycles. The standard InChI is InChI=1S/C17H14ClNO4/c18-12-6-8-13(9-7-12)22-15-10-14(17(21)23-15)19-16(20)11-4-2-1-3-5-11/h1-9,14-15H,10H2,(H,19,20)/t14-,15-/m1/s1. The Morgan fingerprint density at radius 1 is 1.13 bits per heavy atom. The molecular formula is C17H14ClNO4. The van der Waals surface area contributed by atoms with Crippen LogP contribution < -0.4 is 10.1 Å². The Labute approximate surface area is 138 Å². The van der Waals surface area contributed by atoms with E-state index in [1.807, 2.05) is 6.07 Å². The lowest BCUT2D eigenvalue weighted by molar-refractivity contribution is -0.151. The molecule has 5 nitrogen and oxygen atoms in total. The van der Waals surface area contributed by atoms with Gasteiger partial charge in [-0.2, -0.15) is 0 Å². The third-order valence-electron chi connectivity index (χ3n) is 3.38. The predicted octanol–water partition coefficient (Wildman–Crippen LogP) is 2.79. The van der Waals surface area contributed by atoms with Gasteiger partial charge in [-0.1, -0.05) is 29.8 Å². The number of carbonyl (C=O) groups excluding carboxylic acids is 2. The van der Waals surface area contributed by atoms with Gasteiger partial charge in [0.2, 0.25) is 6.29 Å². The van der Waals surface area contributed by atoms with Crippen LogP contribution in [0, 0.1) is 0 Å². The first-order valence-corrected chi connectivity index (χ1v) is 7.48. The average Bonchev–Trinajstić information content (AvgIpc) is 2.90. The predicted molar refractivity (Wildman–Crippen MR) is 84.3 cm³/mol. The average molecular weight is 332 g/mol. The maximum atomic E-state index is 12.1. The van der Waals surface area contributed by atoms with E-state index in [0.29, 0.717) is 16.3 Å². The molecular weight excluding hydrogens is 318 g/mol. The van der Waals surface area contributed by atoms with Crippen molar-refractivity contribution < 1.29 is 19.1 Å². The van der Waals surface area contributed by atoms with Crippen molar-refractivity contribution in [2.45, 2.75) is 18.8 Å². The number of nitrogens with one attached hydrogen (secondary N) is 1. The highest BCUT2D eigenvalue weighted by atomic mass is 35.5. The highest BCUT2D eigenvalue weighted by Gasteiger charge is 2.37. The minimum Gasteiger partial charge on any atom is -0.455 e. The summed E-state index contributed by atoms with van der Waals surface area (Å²) in [5, 5.41) is 3.25. The van der Waals surface area contributed by atoms with Crippen molar-refractivity contribution in [3.8, 4) is 5.75 Å². The molecule has 23 heavy (non-hydrogen) atoms. The molecule has 0 spiro atoms. The van der Waals surface area contributed by atoms with Gasteiger partial charge in [-0.05, 0) is 36.4 Å². The van der Waals surface area contributed by atoms with Crippen LogP contribution in [0.25, 0.3) is 0 Å². The zero-order chi connectivity index (χ0) is 16.2. The van der Waals surface area contributed by atoms with Gasteiger partial charge in [0, 0.05) is 10.6 Å². The summed E-state index contributed by atoms with van der Waals surface area (Å²) in [6.07, 6.45) is -0.482. The SMILES string of the molecule is O=C(N[C@@H]1C[C@H](Oc2ccc(Cl)cc2)OC1=O)c1ccccc1. The molecule has 2 aromatic rings. The molecule has 1 fully saturated rings. The van der Waals surface area contributed by atoms with Crippen LogP contribution in [0.4, 0.5) is 0 Å². The van der Waals surface area contributed by atoms with Crippen LogP contribution in [0.3, 0.4) is 0 Å². The van der Waals surface area contributed by atoms with E-state index in [-0.39, 0.29) is 12.3 Å². The van der Waals surface area contributed by atoms with Crippen LogP contribution >= 0.6 is 11.6 Å². The van der Waals surface area contributed by atoms with Gasteiger partial charge in [-0.25, -0.2) is 4.79 Å². The summed E-state index contributed by atoms with van der Waals surface area (Å²) >= 11 is 5.80. The van der Waals surface area contributed by atoms with Gasteiger partial charge in [-0.3, -0.25) is 4.79 Å². The summed E-state index contributed by atoms with van der Waals surface area (Å²) in [5.41, 5.74) is 0.488. The fourth-order valence-corrected chi connectivity index (χ4v) is 2.36. The lowest BCUT2D eigenvalue weighted by Gasteiger charge is -2.12. The maximum absolute atomic E-state index is 12.1. The first-order valence-electron chi connectivity index (χ1n) is 7.10. The van der Waals surface area contributed by atoms with Crippen molar-refractivity contribution in [1.29, 1.82) is 0 Å². The largest absolute Gasteiger partial charge is 0.455 e. The Balaban J connectivity index is 1.59. The summed E-state index contributed by atoms with van der Waals surface area (Å²) in [4.78, 5) is 23.9. The lowest BCUT2D eigenvalue weighted by Crippen LogP contribution is -2.38. The van der Waals surface area contributed by atoms with Crippen LogP contribution in [0.1, 0.15) is 16.8 Å². The van der Waals surface area contributed by atoms with E-state index in [1.165, 1.54) is 0 Å². The highest BCUT2D eigenvalue weighted by molar-refractivity contribution is 6.30. The molecule has 0 bridgehead atoms. The first-order chi connectivity index (χ1) is 11.1. The normalized spacial score (nSPS) is 20.0. The van der Waals surface area contributed by atoms with E-state index in [1.54, 1.807) is 48.5 Å². The van der Waals surface area contributed by atoms with Crippen molar-refractivity contribution in [2.24, 2.45) is 0 Å². The number of halogens is 1. The Kier molecular flexibility index (Phi) is 4.48. The molecule has 0 unspecified atom stereocenters. The summed E-state index contributed by atoms with van der Waals surface area (Å²) < 4.78 is 10.7. The van der Waals surface area contributed by atoms with E-state index in [0.717, 1.165) is 0 Å². The van der Waals surface area contributed by atoms with Gasteiger partial charge < -0.3 is 14.8 Å². The second kappa shape index (κ2) is 6.71. The van der Waals surface area contributed by atoms with E-state index >= 15 is 0 Å². The Hall–Kier alpha value is -2.53. The molecule has 2 aromatic carbocycles. The Morgan fingerprint density at radius 2 is 1.83 bits per heavy atom. The summed E-state index contributed by atoms with van der Waals surface area (Å²) in [6, 6.07) is 14.7. The molecule has 2 atom stereocenters. The van der Waals surface area contributed by atoms with Gasteiger partial charge in [0.25, 0.3) is 5.91 Å².